The molecule has 0 saturated heterocycles. The van der Waals surface area contributed by atoms with Crippen molar-refractivity contribution in [2.24, 2.45) is 0 Å². The lowest BCUT2D eigenvalue weighted by atomic mass is 10.1. The molecule has 29 heavy (non-hydrogen) atoms. The van der Waals surface area contributed by atoms with Gasteiger partial charge >= 0.3 is 0 Å². The normalized spacial score (nSPS) is 10.1. The van der Waals surface area contributed by atoms with E-state index in [9.17, 15) is 14.4 Å². The van der Waals surface area contributed by atoms with Crippen LogP contribution in [0.2, 0.25) is 0 Å². The fraction of sp³-hybridized carbons (Fsp3) is 0.0952. The Morgan fingerprint density at radius 2 is 1.52 bits per heavy atom. The topological polar surface area (TPSA) is 113 Å². The van der Waals surface area contributed by atoms with Crippen LogP contribution in [0.3, 0.4) is 0 Å². The van der Waals surface area contributed by atoms with Gasteiger partial charge in [-0.15, -0.1) is 0 Å². The zero-order chi connectivity index (χ0) is 20.8. The molecule has 1 heterocycles. The number of benzene rings is 2. The largest absolute Gasteiger partial charge is 0.339 e. The van der Waals surface area contributed by atoms with Crippen LogP contribution in [0.4, 0.5) is 22.9 Å². The van der Waals surface area contributed by atoms with Gasteiger partial charge in [-0.05, 0) is 49.4 Å². The van der Waals surface area contributed by atoms with Crippen LogP contribution in [0.5, 0.6) is 0 Å². The lowest BCUT2D eigenvalue weighted by Gasteiger charge is -2.09. The number of nitrogens with one attached hydrogen (secondary N) is 3. The number of anilines is 4. The molecule has 0 radical (unpaired) electrons. The number of hydrogen-bond donors (Lipinski definition) is 3. The predicted molar refractivity (Wildman–Crippen MR) is 110 cm³/mol. The van der Waals surface area contributed by atoms with Gasteiger partial charge in [0.25, 0.3) is 5.91 Å². The van der Waals surface area contributed by atoms with E-state index >= 15 is 0 Å². The van der Waals surface area contributed by atoms with E-state index in [4.69, 9.17) is 0 Å². The number of rotatable bonds is 6. The van der Waals surface area contributed by atoms with Gasteiger partial charge in [-0.25, -0.2) is 9.97 Å². The highest BCUT2D eigenvalue weighted by atomic mass is 16.2. The number of carbonyl (C=O) groups excluding carboxylic acids is 3. The van der Waals surface area contributed by atoms with Crippen LogP contribution in [-0.4, -0.2) is 27.6 Å². The summed E-state index contributed by atoms with van der Waals surface area (Å²) in [4.78, 5) is 43.1. The van der Waals surface area contributed by atoms with Crippen LogP contribution in [0.15, 0.2) is 60.9 Å². The molecule has 0 atom stereocenters. The highest BCUT2D eigenvalue weighted by Gasteiger charge is 2.09. The standard InChI is InChI=1S/C21H19N5O3/c1-13(27)15-6-8-16(9-7-15)26-21(29)19-11-23-20(12-22-19)25-18-5-3-4-17(10-18)24-14(2)28/h3-12H,1-2H3,(H,23,25)(H,24,28)(H,26,29). The SMILES string of the molecule is CC(=O)Nc1cccc(Nc2cnc(C(=O)Nc3ccc(C(C)=O)cc3)cn2)c1. The summed E-state index contributed by atoms with van der Waals surface area (Å²) in [6.45, 7) is 2.92. The van der Waals surface area contributed by atoms with Crippen molar-refractivity contribution < 1.29 is 14.4 Å². The van der Waals surface area contributed by atoms with Crippen molar-refractivity contribution in [3.8, 4) is 0 Å². The highest BCUT2D eigenvalue weighted by Crippen LogP contribution is 2.19. The molecule has 2 amide bonds. The summed E-state index contributed by atoms with van der Waals surface area (Å²) in [6, 6.07) is 13.7. The molecule has 3 aromatic rings. The van der Waals surface area contributed by atoms with E-state index in [0.717, 1.165) is 0 Å². The Morgan fingerprint density at radius 1 is 0.793 bits per heavy atom. The number of amides is 2. The van der Waals surface area contributed by atoms with E-state index in [0.29, 0.717) is 28.4 Å². The van der Waals surface area contributed by atoms with Crippen LogP contribution >= 0.6 is 0 Å². The first kappa shape index (κ1) is 19.7. The van der Waals surface area contributed by atoms with Crippen molar-refractivity contribution in [1.82, 2.24) is 9.97 Å². The van der Waals surface area contributed by atoms with E-state index in [1.54, 1.807) is 42.5 Å². The molecule has 3 N–H and O–H groups in total. The quantitative estimate of drug-likeness (QED) is 0.555. The molecule has 2 aromatic carbocycles. The molecule has 0 aliphatic rings. The summed E-state index contributed by atoms with van der Waals surface area (Å²) in [5.41, 5.74) is 2.65. The Morgan fingerprint density at radius 3 is 2.14 bits per heavy atom. The molecule has 0 fully saturated rings. The van der Waals surface area contributed by atoms with Crippen LogP contribution in [0.1, 0.15) is 34.7 Å². The highest BCUT2D eigenvalue weighted by molar-refractivity contribution is 6.03. The maximum atomic E-state index is 12.3. The average Bonchev–Trinajstić information content (AvgIpc) is 2.68. The first-order valence-corrected chi connectivity index (χ1v) is 8.80. The second-order valence-electron chi connectivity index (χ2n) is 6.26. The summed E-state index contributed by atoms with van der Waals surface area (Å²) in [7, 11) is 0. The zero-order valence-electron chi connectivity index (χ0n) is 15.9. The number of hydrogen-bond acceptors (Lipinski definition) is 6. The smallest absolute Gasteiger partial charge is 0.275 e. The molecule has 8 heteroatoms. The molecule has 0 saturated carbocycles. The van der Waals surface area contributed by atoms with Gasteiger partial charge in [-0.2, -0.15) is 0 Å². The molecule has 146 valence electrons. The van der Waals surface area contributed by atoms with Crippen molar-refractivity contribution in [3.63, 3.8) is 0 Å². The second-order valence-corrected chi connectivity index (χ2v) is 6.26. The molecule has 1 aromatic heterocycles. The van der Waals surface area contributed by atoms with Gasteiger partial charge < -0.3 is 16.0 Å². The Balaban J connectivity index is 1.64. The fourth-order valence-corrected chi connectivity index (χ4v) is 2.52. The van der Waals surface area contributed by atoms with Gasteiger partial charge in [0.15, 0.2) is 5.78 Å². The van der Waals surface area contributed by atoms with Crippen LogP contribution in [0, 0.1) is 0 Å². The van der Waals surface area contributed by atoms with E-state index in [1.165, 1.54) is 26.2 Å². The van der Waals surface area contributed by atoms with Gasteiger partial charge in [-0.3, -0.25) is 14.4 Å². The Kier molecular flexibility index (Phi) is 5.94. The summed E-state index contributed by atoms with van der Waals surface area (Å²) < 4.78 is 0. The Labute approximate surface area is 167 Å². The van der Waals surface area contributed by atoms with Crippen LogP contribution in [-0.2, 0) is 4.79 Å². The van der Waals surface area contributed by atoms with Gasteiger partial charge in [0.1, 0.15) is 11.5 Å². The molecule has 0 bridgehead atoms. The number of nitrogens with zero attached hydrogens (tertiary/aromatic N) is 2. The minimum atomic E-state index is -0.410. The monoisotopic (exact) mass is 389 g/mol. The molecule has 0 aliphatic carbocycles. The van der Waals surface area contributed by atoms with Gasteiger partial charge in [-0.1, -0.05) is 6.07 Å². The van der Waals surface area contributed by atoms with Gasteiger partial charge in [0.2, 0.25) is 5.91 Å². The molecule has 0 aliphatic heterocycles. The molecular weight excluding hydrogens is 370 g/mol. The average molecular weight is 389 g/mol. The van der Waals surface area contributed by atoms with E-state index in [-0.39, 0.29) is 17.4 Å². The zero-order valence-corrected chi connectivity index (χ0v) is 15.9. The summed E-state index contributed by atoms with van der Waals surface area (Å²) >= 11 is 0. The number of ketones is 1. The first-order chi connectivity index (χ1) is 13.9. The van der Waals surface area contributed by atoms with Crippen LogP contribution in [0.25, 0.3) is 0 Å². The third-order valence-electron chi connectivity index (χ3n) is 3.89. The minimum Gasteiger partial charge on any atom is -0.339 e. The summed E-state index contributed by atoms with van der Waals surface area (Å²) in [5.74, 6) is -0.160. The van der Waals surface area contributed by atoms with E-state index < -0.39 is 5.91 Å². The van der Waals surface area contributed by atoms with E-state index in [2.05, 4.69) is 25.9 Å². The molecule has 0 unspecified atom stereocenters. The Bertz CT molecular complexity index is 1050. The Hall–Kier alpha value is -4.07. The fourth-order valence-electron chi connectivity index (χ4n) is 2.52. The predicted octanol–water partition coefficient (Wildman–Crippen LogP) is 3.63. The third kappa shape index (κ3) is 5.46. The number of aromatic nitrogens is 2. The molecule has 3 rings (SSSR count). The minimum absolute atomic E-state index is 0.0422. The molecular formula is C21H19N5O3. The summed E-state index contributed by atoms with van der Waals surface area (Å²) in [6.07, 6.45) is 2.80. The second kappa shape index (κ2) is 8.75. The van der Waals surface area contributed by atoms with Crippen molar-refractivity contribution in [2.45, 2.75) is 13.8 Å². The number of carbonyl (C=O) groups is 3. The summed E-state index contributed by atoms with van der Waals surface area (Å²) in [5, 5.41) is 8.47. The van der Waals surface area contributed by atoms with Crippen molar-refractivity contribution >= 4 is 40.5 Å². The molecule has 8 nitrogen and oxygen atoms in total. The maximum Gasteiger partial charge on any atom is 0.275 e. The van der Waals surface area contributed by atoms with Crippen LogP contribution < -0.4 is 16.0 Å². The van der Waals surface area contributed by atoms with Crippen molar-refractivity contribution in [3.05, 3.63) is 72.2 Å². The molecule has 0 spiro atoms. The van der Waals surface area contributed by atoms with Gasteiger partial charge in [0, 0.05) is 29.5 Å². The van der Waals surface area contributed by atoms with Gasteiger partial charge in [0.05, 0.1) is 12.4 Å². The number of Topliss-reactive ketones (excluding diaryl/α,β-unsaturated/α-hetero) is 1. The van der Waals surface area contributed by atoms with E-state index in [1.807, 2.05) is 6.07 Å². The third-order valence-corrected chi connectivity index (χ3v) is 3.89. The lowest BCUT2D eigenvalue weighted by Crippen LogP contribution is -2.14. The first-order valence-electron chi connectivity index (χ1n) is 8.80. The van der Waals surface area contributed by atoms with Crippen molar-refractivity contribution in [2.75, 3.05) is 16.0 Å². The lowest BCUT2D eigenvalue weighted by molar-refractivity contribution is -0.114. The van der Waals surface area contributed by atoms with Crippen molar-refractivity contribution in [1.29, 1.82) is 0 Å². The maximum absolute atomic E-state index is 12.3.